The molecule has 1 heterocycles. The van der Waals surface area contributed by atoms with Gasteiger partial charge in [-0.15, -0.1) is 11.3 Å². The molecule has 0 spiro atoms. The van der Waals surface area contributed by atoms with E-state index in [-0.39, 0.29) is 13.0 Å². The van der Waals surface area contributed by atoms with Crippen LogP contribution in [0.2, 0.25) is 0 Å². The number of benzene rings is 1. The fourth-order valence-electron chi connectivity index (χ4n) is 1.81. The highest BCUT2D eigenvalue weighted by atomic mass is 32.1. The number of nitriles is 1. The average Bonchev–Trinajstić information content (AvgIpc) is 2.85. The Morgan fingerprint density at radius 3 is 2.61 bits per heavy atom. The zero-order valence-corrected chi connectivity index (χ0v) is 13.7. The molecular weight excluding hydrogens is 312 g/mol. The number of hydrogen-bond donors (Lipinski definition) is 1. The van der Waals surface area contributed by atoms with E-state index in [4.69, 9.17) is 9.84 Å². The van der Waals surface area contributed by atoms with Crippen LogP contribution < -0.4 is 4.74 Å². The van der Waals surface area contributed by atoms with E-state index in [2.05, 4.69) is 11.1 Å². The van der Waals surface area contributed by atoms with Crippen LogP contribution in [0.4, 0.5) is 0 Å². The Balaban J connectivity index is 2.11. The Morgan fingerprint density at radius 1 is 1.39 bits per heavy atom. The number of allylic oxidation sites excluding steroid dienone is 1. The zero-order chi connectivity index (χ0) is 16.8. The Hall–Kier alpha value is -2.65. The molecule has 0 bridgehead atoms. The second-order valence-electron chi connectivity index (χ2n) is 4.89. The van der Waals surface area contributed by atoms with Crippen molar-refractivity contribution >= 4 is 29.0 Å². The number of aliphatic carboxylic acids is 1. The molecule has 5 nitrogen and oxygen atoms in total. The molecular formula is C17H16N2O3S. The number of carbonyl (C=O) groups is 1. The molecule has 2 rings (SSSR count). The first-order valence-electron chi connectivity index (χ1n) is 7.00. The second-order valence-corrected chi connectivity index (χ2v) is 6.09. The van der Waals surface area contributed by atoms with Gasteiger partial charge in [-0.25, -0.2) is 4.98 Å². The largest absolute Gasteiger partial charge is 0.493 e. The highest BCUT2D eigenvalue weighted by molar-refractivity contribution is 7.12. The summed E-state index contributed by atoms with van der Waals surface area (Å²) in [6, 6.07) is 9.32. The van der Waals surface area contributed by atoms with Crippen molar-refractivity contribution in [2.24, 2.45) is 0 Å². The van der Waals surface area contributed by atoms with Gasteiger partial charge in [0, 0.05) is 4.88 Å². The monoisotopic (exact) mass is 328 g/mol. The predicted molar refractivity (Wildman–Crippen MR) is 89.3 cm³/mol. The third kappa shape index (κ3) is 4.66. The van der Waals surface area contributed by atoms with E-state index in [1.165, 1.54) is 11.3 Å². The lowest BCUT2D eigenvalue weighted by molar-refractivity contribution is -0.137. The molecule has 2 aromatic rings. The van der Waals surface area contributed by atoms with Crippen molar-refractivity contribution in [2.75, 3.05) is 6.61 Å². The molecule has 0 atom stereocenters. The molecule has 0 fully saturated rings. The fourth-order valence-corrected chi connectivity index (χ4v) is 2.69. The molecule has 0 aliphatic rings. The fraction of sp³-hybridized carbons (Fsp3) is 0.235. The molecule has 0 aliphatic heterocycles. The normalized spacial score (nSPS) is 11.1. The van der Waals surface area contributed by atoms with Gasteiger partial charge in [0.1, 0.15) is 16.8 Å². The number of rotatable bonds is 6. The highest BCUT2D eigenvalue weighted by Gasteiger charge is 2.09. The summed E-state index contributed by atoms with van der Waals surface area (Å²) in [6.45, 7) is 4.04. The molecule has 1 aromatic heterocycles. The molecule has 118 valence electrons. The van der Waals surface area contributed by atoms with Crippen LogP contribution in [-0.4, -0.2) is 22.7 Å². The van der Waals surface area contributed by atoms with Crippen molar-refractivity contribution in [1.82, 2.24) is 4.98 Å². The van der Waals surface area contributed by atoms with Crippen LogP contribution in [0.25, 0.3) is 11.6 Å². The van der Waals surface area contributed by atoms with Crippen LogP contribution in [0.5, 0.6) is 5.75 Å². The maximum absolute atomic E-state index is 10.4. The van der Waals surface area contributed by atoms with Crippen LogP contribution in [0, 0.1) is 25.2 Å². The standard InChI is InChI=1S/C17H16N2O3S/c1-11-12(2)23-17(19-11)14(10-18)9-13-3-5-15(6-4-13)22-8-7-16(20)21/h3-6,9H,7-8H2,1-2H3,(H,20,21)/b14-9+. The molecule has 0 saturated carbocycles. The van der Waals surface area contributed by atoms with Crippen LogP contribution in [0.15, 0.2) is 24.3 Å². The Bertz CT molecular complexity index is 751. The lowest BCUT2D eigenvalue weighted by Crippen LogP contribution is -2.04. The summed E-state index contributed by atoms with van der Waals surface area (Å²) in [6.07, 6.45) is 1.74. The number of thiazole rings is 1. The summed E-state index contributed by atoms with van der Waals surface area (Å²) in [5, 5.41) is 18.6. The summed E-state index contributed by atoms with van der Waals surface area (Å²) in [7, 11) is 0. The van der Waals surface area contributed by atoms with Crippen LogP contribution in [0.3, 0.4) is 0 Å². The third-order valence-corrected chi connectivity index (χ3v) is 4.26. The minimum Gasteiger partial charge on any atom is -0.493 e. The number of ether oxygens (including phenoxy) is 1. The minimum atomic E-state index is -0.891. The van der Waals surface area contributed by atoms with Crippen molar-refractivity contribution in [1.29, 1.82) is 5.26 Å². The Kier molecular flexibility index (Phi) is 5.50. The maximum Gasteiger partial charge on any atom is 0.306 e. The molecule has 23 heavy (non-hydrogen) atoms. The molecule has 1 N–H and O–H groups in total. The maximum atomic E-state index is 10.4. The molecule has 0 unspecified atom stereocenters. The van der Waals surface area contributed by atoms with Crippen LogP contribution >= 0.6 is 11.3 Å². The summed E-state index contributed by atoms with van der Waals surface area (Å²) in [4.78, 5) is 15.9. The Labute approximate surface area is 138 Å². The Morgan fingerprint density at radius 2 is 2.09 bits per heavy atom. The molecule has 6 heteroatoms. The van der Waals surface area contributed by atoms with E-state index in [0.29, 0.717) is 16.3 Å². The van der Waals surface area contributed by atoms with Crippen molar-refractivity contribution in [3.8, 4) is 11.8 Å². The van der Waals surface area contributed by atoms with Gasteiger partial charge < -0.3 is 9.84 Å². The van der Waals surface area contributed by atoms with Crippen LogP contribution in [-0.2, 0) is 4.79 Å². The number of hydrogen-bond acceptors (Lipinski definition) is 5. The van der Waals surface area contributed by atoms with E-state index in [1.54, 1.807) is 18.2 Å². The average molecular weight is 328 g/mol. The molecule has 0 amide bonds. The van der Waals surface area contributed by atoms with Gasteiger partial charge in [-0.3, -0.25) is 4.79 Å². The summed E-state index contributed by atoms with van der Waals surface area (Å²) in [5.74, 6) is -0.292. The number of aromatic nitrogens is 1. The van der Waals surface area contributed by atoms with E-state index in [9.17, 15) is 10.1 Å². The van der Waals surface area contributed by atoms with Gasteiger partial charge in [0.15, 0.2) is 0 Å². The van der Waals surface area contributed by atoms with Gasteiger partial charge >= 0.3 is 5.97 Å². The van der Waals surface area contributed by atoms with Gasteiger partial charge in [0.2, 0.25) is 0 Å². The van der Waals surface area contributed by atoms with Crippen LogP contribution in [0.1, 0.15) is 27.6 Å². The van der Waals surface area contributed by atoms with E-state index < -0.39 is 5.97 Å². The second kappa shape index (κ2) is 7.56. The predicted octanol–water partition coefficient (Wildman–Crippen LogP) is 3.68. The van der Waals surface area contributed by atoms with Crippen molar-refractivity contribution in [2.45, 2.75) is 20.3 Å². The number of carboxylic acid groups (broad SMARTS) is 1. The van der Waals surface area contributed by atoms with Crippen molar-refractivity contribution < 1.29 is 14.6 Å². The lowest BCUT2D eigenvalue weighted by Gasteiger charge is -2.04. The van der Waals surface area contributed by atoms with E-state index in [1.807, 2.05) is 26.0 Å². The first kappa shape index (κ1) is 16.7. The molecule has 1 aromatic carbocycles. The molecule has 0 radical (unpaired) electrons. The lowest BCUT2D eigenvalue weighted by atomic mass is 10.1. The van der Waals surface area contributed by atoms with E-state index >= 15 is 0 Å². The molecule has 0 saturated heterocycles. The SMILES string of the molecule is Cc1nc(/C(C#N)=C/c2ccc(OCCC(=O)O)cc2)sc1C. The van der Waals surface area contributed by atoms with Gasteiger partial charge in [0.25, 0.3) is 0 Å². The van der Waals surface area contributed by atoms with Gasteiger partial charge in [-0.05, 0) is 37.6 Å². The van der Waals surface area contributed by atoms with Crippen molar-refractivity contribution in [3.05, 3.63) is 45.4 Å². The number of aryl methyl sites for hydroxylation is 2. The van der Waals surface area contributed by atoms with Gasteiger partial charge in [-0.2, -0.15) is 5.26 Å². The van der Waals surface area contributed by atoms with Crippen molar-refractivity contribution in [3.63, 3.8) is 0 Å². The van der Waals surface area contributed by atoms with E-state index in [0.717, 1.165) is 16.1 Å². The minimum absolute atomic E-state index is 0.0387. The molecule has 0 aliphatic carbocycles. The van der Waals surface area contributed by atoms with Gasteiger partial charge in [0.05, 0.1) is 24.3 Å². The summed E-state index contributed by atoms with van der Waals surface area (Å²) < 4.78 is 5.33. The first-order chi connectivity index (χ1) is 11.0. The third-order valence-electron chi connectivity index (χ3n) is 3.16. The summed E-state index contributed by atoms with van der Waals surface area (Å²) in [5.41, 5.74) is 2.32. The topological polar surface area (TPSA) is 83.2 Å². The smallest absolute Gasteiger partial charge is 0.306 e. The zero-order valence-electron chi connectivity index (χ0n) is 12.9. The highest BCUT2D eigenvalue weighted by Crippen LogP contribution is 2.25. The number of nitrogens with zero attached hydrogens (tertiary/aromatic N) is 2. The summed E-state index contributed by atoms with van der Waals surface area (Å²) >= 11 is 1.50. The quantitative estimate of drug-likeness (QED) is 0.818. The number of carboxylic acids is 1. The first-order valence-corrected chi connectivity index (χ1v) is 7.82. The van der Waals surface area contributed by atoms with Gasteiger partial charge in [-0.1, -0.05) is 12.1 Å².